The summed E-state index contributed by atoms with van der Waals surface area (Å²) in [6.07, 6.45) is 0. The maximum atomic E-state index is 12.8. The van der Waals surface area contributed by atoms with Crippen LogP contribution in [0.15, 0.2) is 48.5 Å². The molecule has 2 aromatic rings. The van der Waals surface area contributed by atoms with E-state index in [2.05, 4.69) is 5.32 Å². The van der Waals surface area contributed by atoms with E-state index in [4.69, 9.17) is 17.3 Å². The van der Waals surface area contributed by atoms with E-state index >= 15 is 0 Å². The highest BCUT2D eigenvalue weighted by Crippen LogP contribution is 2.30. The molecule has 0 aromatic heterocycles. The van der Waals surface area contributed by atoms with Crippen molar-refractivity contribution in [1.82, 2.24) is 10.2 Å². The highest BCUT2D eigenvalue weighted by molar-refractivity contribution is 6.30. The lowest BCUT2D eigenvalue weighted by atomic mass is 9.92. The number of imide groups is 1. The summed E-state index contributed by atoms with van der Waals surface area (Å²) >= 11 is 5.88. The van der Waals surface area contributed by atoms with Gasteiger partial charge in [0.05, 0.1) is 6.54 Å². The Balaban J connectivity index is 1.83. The number of carbonyl (C=O) groups excluding carboxylic acids is 3. The van der Waals surface area contributed by atoms with Crippen molar-refractivity contribution in [2.24, 2.45) is 5.73 Å². The first-order valence-corrected chi connectivity index (χ1v) is 7.98. The number of halogens is 1. The number of nitrogens with zero attached hydrogens (tertiary/aromatic N) is 1. The van der Waals surface area contributed by atoms with Crippen molar-refractivity contribution in [2.75, 3.05) is 0 Å². The molecule has 1 aliphatic rings. The molecular formula is C18H16ClN3O3. The van der Waals surface area contributed by atoms with Gasteiger partial charge in [0.25, 0.3) is 5.91 Å². The number of primary amides is 1. The van der Waals surface area contributed by atoms with Crippen LogP contribution in [0.3, 0.4) is 0 Å². The van der Waals surface area contributed by atoms with Crippen LogP contribution in [0.2, 0.25) is 5.02 Å². The molecule has 7 heteroatoms. The summed E-state index contributed by atoms with van der Waals surface area (Å²) < 4.78 is 0. The Bertz CT molecular complexity index is 849. The molecule has 0 radical (unpaired) electrons. The Morgan fingerprint density at radius 2 is 1.72 bits per heavy atom. The Morgan fingerprint density at radius 1 is 1.12 bits per heavy atom. The molecule has 0 saturated carbocycles. The third-order valence-electron chi connectivity index (χ3n) is 4.28. The zero-order valence-electron chi connectivity index (χ0n) is 13.5. The van der Waals surface area contributed by atoms with Crippen LogP contribution < -0.4 is 11.1 Å². The van der Waals surface area contributed by atoms with E-state index in [0.29, 0.717) is 21.7 Å². The van der Waals surface area contributed by atoms with Crippen LogP contribution in [-0.2, 0) is 16.9 Å². The zero-order valence-corrected chi connectivity index (χ0v) is 14.2. The summed E-state index contributed by atoms with van der Waals surface area (Å²) in [5.74, 6) is -0.879. The number of hydrogen-bond acceptors (Lipinski definition) is 3. The first kappa shape index (κ1) is 17.0. The highest BCUT2D eigenvalue weighted by Gasteiger charge is 2.48. The second-order valence-corrected chi connectivity index (χ2v) is 6.45. The van der Waals surface area contributed by atoms with E-state index < -0.39 is 17.5 Å². The zero-order chi connectivity index (χ0) is 18.2. The lowest BCUT2D eigenvalue weighted by Gasteiger charge is -2.22. The Morgan fingerprint density at radius 3 is 2.28 bits per heavy atom. The van der Waals surface area contributed by atoms with Crippen LogP contribution in [0.25, 0.3) is 0 Å². The van der Waals surface area contributed by atoms with Gasteiger partial charge in [0.2, 0.25) is 5.91 Å². The van der Waals surface area contributed by atoms with E-state index in [1.165, 1.54) is 0 Å². The average Bonchev–Trinajstić information content (AvgIpc) is 2.80. The SMILES string of the molecule is C[C@@]1(c2ccc(Cl)cc2)NC(=O)N(Cc2ccc(C(N)=O)cc2)C1=O. The molecule has 128 valence electrons. The minimum Gasteiger partial charge on any atom is -0.366 e. The van der Waals surface area contributed by atoms with Crippen molar-refractivity contribution in [3.8, 4) is 0 Å². The molecule has 25 heavy (non-hydrogen) atoms. The number of carbonyl (C=O) groups is 3. The molecule has 3 rings (SSSR count). The lowest BCUT2D eigenvalue weighted by molar-refractivity contribution is -0.131. The third kappa shape index (κ3) is 3.08. The number of benzene rings is 2. The van der Waals surface area contributed by atoms with Crippen LogP contribution in [0.4, 0.5) is 4.79 Å². The lowest BCUT2D eigenvalue weighted by Crippen LogP contribution is -2.40. The molecule has 4 amide bonds. The Labute approximate surface area is 149 Å². The van der Waals surface area contributed by atoms with Gasteiger partial charge < -0.3 is 11.1 Å². The average molecular weight is 358 g/mol. The van der Waals surface area contributed by atoms with E-state index in [1.54, 1.807) is 55.5 Å². The van der Waals surface area contributed by atoms with Crippen molar-refractivity contribution < 1.29 is 14.4 Å². The molecular weight excluding hydrogens is 342 g/mol. The van der Waals surface area contributed by atoms with Crippen molar-refractivity contribution in [3.05, 3.63) is 70.2 Å². The number of nitrogens with two attached hydrogens (primary N) is 1. The summed E-state index contributed by atoms with van der Waals surface area (Å²) in [5.41, 5.74) is 5.80. The standard InChI is InChI=1S/C18H16ClN3O3/c1-18(13-6-8-14(19)9-7-13)16(24)22(17(25)21-18)10-11-2-4-12(5-3-11)15(20)23/h2-9H,10H2,1H3,(H2,20,23)(H,21,25)/t18-/m0/s1. The third-order valence-corrected chi connectivity index (χ3v) is 4.53. The second kappa shape index (κ2) is 6.22. The van der Waals surface area contributed by atoms with Crippen LogP contribution in [0.1, 0.15) is 28.4 Å². The van der Waals surface area contributed by atoms with E-state index in [1.807, 2.05) is 0 Å². The van der Waals surface area contributed by atoms with Crippen LogP contribution in [-0.4, -0.2) is 22.7 Å². The maximum Gasteiger partial charge on any atom is 0.325 e. The molecule has 2 aromatic carbocycles. The van der Waals surface area contributed by atoms with Crippen LogP contribution >= 0.6 is 11.6 Å². The van der Waals surface area contributed by atoms with Crippen molar-refractivity contribution in [2.45, 2.75) is 19.0 Å². The second-order valence-electron chi connectivity index (χ2n) is 6.01. The van der Waals surface area contributed by atoms with Gasteiger partial charge in [-0.3, -0.25) is 14.5 Å². The maximum absolute atomic E-state index is 12.8. The van der Waals surface area contributed by atoms with Gasteiger partial charge in [0, 0.05) is 10.6 Å². The van der Waals surface area contributed by atoms with Crippen LogP contribution in [0.5, 0.6) is 0 Å². The monoisotopic (exact) mass is 357 g/mol. The predicted molar refractivity (Wildman–Crippen MR) is 92.8 cm³/mol. The Kier molecular flexibility index (Phi) is 4.22. The van der Waals surface area contributed by atoms with Gasteiger partial charge in [-0.2, -0.15) is 0 Å². The summed E-state index contributed by atoms with van der Waals surface area (Å²) in [5, 5.41) is 3.29. The molecule has 3 N–H and O–H groups in total. The molecule has 0 aliphatic carbocycles. The molecule has 1 heterocycles. The van der Waals surface area contributed by atoms with E-state index in [9.17, 15) is 14.4 Å². The number of rotatable bonds is 4. The summed E-state index contributed by atoms with van der Waals surface area (Å²) in [6.45, 7) is 1.76. The minimum absolute atomic E-state index is 0.104. The Hall–Kier alpha value is -2.86. The number of nitrogens with one attached hydrogen (secondary N) is 1. The minimum atomic E-state index is -1.14. The van der Waals surface area contributed by atoms with Gasteiger partial charge in [0.15, 0.2) is 0 Å². The van der Waals surface area contributed by atoms with Gasteiger partial charge in [-0.05, 0) is 42.3 Å². The summed E-state index contributed by atoms with van der Waals surface area (Å²) in [7, 11) is 0. The van der Waals surface area contributed by atoms with Gasteiger partial charge in [0.1, 0.15) is 5.54 Å². The molecule has 6 nitrogen and oxygen atoms in total. The van der Waals surface area contributed by atoms with Crippen molar-refractivity contribution in [3.63, 3.8) is 0 Å². The van der Waals surface area contributed by atoms with Crippen molar-refractivity contribution in [1.29, 1.82) is 0 Å². The largest absolute Gasteiger partial charge is 0.366 e. The molecule has 1 atom stereocenters. The van der Waals surface area contributed by atoms with Gasteiger partial charge in [-0.1, -0.05) is 35.9 Å². The predicted octanol–water partition coefficient (Wildman–Crippen LogP) is 2.41. The highest BCUT2D eigenvalue weighted by atomic mass is 35.5. The molecule has 1 fully saturated rings. The number of urea groups is 1. The molecule has 1 saturated heterocycles. The first-order chi connectivity index (χ1) is 11.8. The van der Waals surface area contributed by atoms with Gasteiger partial charge in [-0.25, -0.2) is 4.79 Å². The topological polar surface area (TPSA) is 92.5 Å². The fourth-order valence-corrected chi connectivity index (χ4v) is 2.90. The van der Waals surface area contributed by atoms with Crippen LogP contribution in [0, 0.1) is 0 Å². The smallest absolute Gasteiger partial charge is 0.325 e. The fraction of sp³-hybridized carbons (Fsp3) is 0.167. The molecule has 1 aliphatic heterocycles. The van der Waals surface area contributed by atoms with Crippen molar-refractivity contribution >= 4 is 29.4 Å². The molecule has 0 unspecified atom stereocenters. The number of hydrogen-bond donors (Lipinski definition) is 2. The van der Waals surface area contributed by atoms with E-state index in [-0.39, 0.29) is 12.5 Å². The molecule has 0 spiro atoms. The van der Waals surface area contributed by atoms with Gasteiger partial charge >= 0.3 is 6.03 Å². The van der Waals surface area contributed by atoms with Gasteiger partial charge in [-0.15, -0.1) is 0 Å². The number of amides is 4. The summed E-state index contributed by atoms with van der Waals surface area (Å²) in [6, 6.07) is 12.8. The van der Waals surface area contributed by atoms with E-state index in [0.717, 1.165) is 4.90 Å². The quantitative estimate of drug-likeness (QED) is 0.823. The first-order valence-electron chi connectivity index (χ1n) is 7.60. The normalized spacial score (nSPS) is 19.8. The molecule has 0 bridgehead atoms. The fourth-order valence-electron chi connectivity index (χ4n) is 2.78. The summed E-state index contributed by atoms with van der Waals surface area (Å²) in [4.78, 5) is 37.4.